The molecule has 0 aliphatic rings. The Labute approximate surface area is 170 Å². The normalized spacial score (nSPS) is 11.3. The Balaban J connectivity index is 1.56. The Kier molecular flexibility index (Phi) is 7.99. The van der Waals surface area contributed by atoms with Crippen LogP contribution in [-0.4, -0.2) is 28.5 Å². The van der Waals surface area contributed by atoms with Crippen molar-refractivity contribution in [1.29, 1.82) is 0 Å². The number of aromatic nitrogens is 2. The molecule has 152 valence electrons. The second kappa shape index (κ2) is 10.2. The smallest absolute Gasteiger partial charge is 0.226 e. The molecule has 8 heteroatoms. The van der Waals surface area contributed by atoms with Crippen molar-refractivity contribution >= 4 is 29.1 Å². The molecule has 1 aromatic heterocycles. The van der Waals surface area contributed by atoms with Gasteiger partial charge in [0.15, 0.2) is 5.82 Å². The predicted octanol–water partition coefficient (Wildman–Crippen LogP) is 3.88. The van der Waals surface area contributed by atoms with Crippen LogP contribution >= 0.6 is 11.6 Å². The fourth-order valence-corrected chi connectivity index (χ4v) is 2.51. The summed E-state index contributed by atoms with van der Waals surface area (Å²) < 4.78 is 5.21. The Bertz CT molecular complexity index is 781. The third kappa shape index (κ3) is 7.68. The van der Waals surface area contributed by atoms with Crippen molar-refractivity contribution in [2.75, 3.05) is 11.9 Å². The van der Waals surface area contributed by atoms with Gasteiger partial charge < -0.3 is 15.2 Å². The maximum Gasteiger partial charge on any atom is 0.226 e. The number of amides is 2. The van der Waals surface area contributed by atoms with Crippen LogP contribution in [-0.2, 0) is 21.4 Å². The first kappa shape index (κ1) is 21.9. The minimum atomic E-state index is -0.154. The number of halogens is 1. The fraction of sp³-hybridized carbons (Fsp3) is 0.500. The van der Waals surface area contributed by atoms with Gasteiger partial charge in [0.1, 0.15) is 0 Å². The Hall–Kier alpha value is -2.41. The average Bonchev–Trinajstić information content (AvgIpc) is 3.10. The van der Waals surface area contributed by atoms with Crippen LogP contribution in [0.3, 0.4) is 0 Å². The summed E-state index contributed by atoms with van der Waals surface area (Å²) in [5.74, 6) is 1.08. The molecule has 7 nitrogen and oxygen atoms in total. The van der Waals surface area contributed by atoms with Gasteiger partial charge in [-0.1, -0.05) is 37.5 Å². The molecule has 0 bridgehead atoms. The number of nitrogens with one attached hydrogen (secondary N) is 2. The summed E-state index contributed by atoms with van der Waals surface area (Å²) in [5.41, 5.74) is 0.549. The molecule has 0 fully saturated rings. The lowest BCUT2D eigenvalue weighted by molar-refractivity contribution is -0.121. The number of carbonyl (C=O) groups is 2. The number of nitrogens with zero attached hydrogens (tertiary/aromatic N) is 2. The fourth-order valence-electron chi connectivity index (χ4n) is 2.38. The summed E-state index contributed by atoms with van der Waals surface area (Å²) in [6.07, 6.45) is 2.49. The minimum Gasteiger partial charge on any atom is -0.356 e. The molecule has 0 aliphatic heterocycles. The van der Waals surface area contributed by atoms with E-state index in [1.54, 1.807) is 24.3 Å². The zero-order chi connectivity index (χ0) is 20.6. The first-order chi connectivity index (χ1) is 13.2. The minimum absolute atomic E-state index is 0.0475. The molecular weight excluding hydrogens is 380 g/mol. The molecule has 0 saturated carbocycles. The molecular formula is C20H27ClN4O3. The molecule has 2 amide bonds. The highest BCUT2D eigenvalue weighted by Gasteiger charge is 2.20. The van der Waals surface area contributed by atoms with E-state index in [0.29, 0.717) is 61.1 Å². The van der Waals surface area contributed by atoms with Crippen LogP contribution in [0.25, 0.3) is 0 Å². The predicted molar refractivity (Wildman–Crippen MR) is 108 cm³/mol. The first-order valence-corrected chi connectivity index (χ1v) is 9.77. The van der Waals surface area contributed by atoms with Crippen LogP contribution in [0.1, 0.15) is 58.2 Å². The van der Waals surface area contributed by atoms with Crippen LogP contribution in [0, 0.1) is 0 Å². The second-order valence-corrected chi connectivity index (χ2v) is 8.06. The molecule has 0 radical (unpaired) electrons. The molecule has 28 heavy (non-hydrogen) atoms. The van der Waals surface area contributed by atoms with E-state index in [9.17, 15) is 9.59 Å². The summed E-state index contributed by atoms with van der Waals surface area (Å²) in [6, 6.07) is 6.93. The molecule has 0 spiro atoms. The van der Waals surface area contributed by atoms with Crippen LogP contribution in [0.5, 0.6) is 0 Å². The van der Waals surface area contributed by atoms with Crippen LogP contribution in [0.2, 0.25) is 5.02 Å². The van der Waals surface area contributed by atoms with E-state index in [1.807, 2.05) is 20.8 Å². The lowest BCUT2D eigenvalue weighted by atomic mass is 9.96. The van der Waals surface area contributed by atoms with E-state index in [1.165, 1.54) is 0 Å². The van der Waals surface area contributed by atoms with Crippen molar-refractivity contribution < 1.29 is 14.1 Å². The summed E-state index contributed by atoms with van der Waals surface area (Å²) in [6.45, 7) is 6.52. The zero-order valence-electron chi connectivity index (χ0n) is 16.5. The van der Waals surface area contributed by atoms with Crippen molar-refractivity contribution in [3.05, 3.63) is 41.0 Å². The molecule has 2 rings (SSSR count). The van der Waals surface area contributed by atoms with E-state index in [4.69, 9.17) is 16.1 Å². The van der Waals surface area contributed by atoms with Crippen molar-refractivity contribution in [3.63, 3.8) is 0 Å². The Morgan fingerprint density at radius 2 is 1.75 bits per heavy atom. The lowest BCUT2D eigenvalue weighted by Gasteiger charge is -2.10. The van der Waals surface area contributed by atoms with Crippen LogP contribution in [0.4, 0.5) is 5.69 Å². The molecule has 0 atom stereocenters. The number of hydrogen-bond acceptors (Lipinski definition) is 5. The van der Waals surface area contributed by atoms with E-state index in [2.05, 4.69) is 20.8 Å². The molecule has 1 aromatic carbocycles. The highest BCUT2D eigenvalue weighted by Crippen LogP contribution is 2.19. The largest absolute Gasteiger partial charge is 0.356 e. The Morgan fingerprint density at radius 1 is 1.07 bits per heavy atom. The maximum atomic E-state index is 11.9. The number of aryl methyl sites for hydroxylation is 1. The SMILES string of the molecule is CC(C)(C)c1noc(CCCC(=O)NCCCC(=O)Nc2ccc(Cl)cc2)n1. The van der Waals surface area contributed by atoms with E-state index in [-0.39, 0.29) is 17.2 Å². The van der Waals surface area contributed by atoms with Crippen molar-refractivity contribution in [2.24, 2.45) is 0 Å². The second-order valence-electron chi connectivity index (χ2n) is 7.62. The molecule has 0 unspecified atom stereocenters. The van der Waals surface area contributed by atoms with Crippen LogP contribution in [0.15, 0.2) is 28.8 Å². The Morgan fingerprint density at radius 3 is 2.39 bits per heavy atom. The first-order valence-electron chi connectivity index (χ1n) is 9.39. The number of anilines is 1. The van der Waals surface area contributed by atoms with Gasteiger partial charge in [0, 0.05) is 41.9 Å². The van der Waals surface area contributed by atoms with E-state index < -0.39 is 0 Å². The van der Waals surface area contributed by atoms with Gasteiger partial charge in [-0.2, -0.15) is 4.98 Å². The molecule has 1 heterocycles. The van der Waals surface area contributed by atoms with Gasteiger partial charge in [0.05, 0.1) is 0 Å². The van der Waals surface area contributed by atoms with Crippen molar-refractivity contribution in [2.45, 2.75) is 58.3 Å². The lowest BCUT2D eigenvalue weighted by Crippen LogP contribution is -2.25. The monoisotopic (exact) mass is 406 g/mol. The van der Waals surface area contributed by atoms with Gasteiger partial charge in [0.25, 0.3) is 0 Å². The summed E-state index contributed by atoms with van der Waals surface area (Å²) in [5, 5.41) is 10.2. The maximum absolute atomic E-state index is 11.9. The zero-order valence-corrected chi connectivity index (χ0v) is 17.3. The van der Waals surface area contributed by atoms with E-state index >= 15 is 0 Å². The third-order valence-electron chi connectivity index (χ3n) is 3.96. The average molecular weight is 407 g/mol. The highest BCUT2D eigenvalue weighted by atomic mass is 35.5. The van der Waals surface area contributed by atoms with Crippen molar-refractivity contribution in [1.82, 2.24) is 15.5 Å². The summed E-state index contributed by atoms with van der Waals surface area (Å²) in [7, 11) is 0. The summed E-state index contributed by atoms with van der Waals surface area (Å²) in [4.78, 5) is 28.1. The van der Waals surface area contributed by atoms with Gasteiger partial charge >= 0.3 is 0 Å². The summed E-state index contributed by atoms with van der Waals surface area (Å²) >= 11 is 5.81. The molecule has 0 saturated heterocycles. The topological polar surface area (TPSA) is 97.1 Å². The van der Waals surface area contributed by atoms with Crippen molar-refractivity contribution in [3.8, 4) is 0 Å². The van der Waals surface area contributed by atoms with Gasteiger partial charge in [-0.3, -0.25) is 9.59 Å². The third-order valence-corrected chi connectivity index (χ3v) is 4.22. The molecule has 2 N–H and O–H groups in total. The highest BCUT2D eigenvalue weighted by molar-refractivity contribution is 6.30. The number of benzene rings is 1. The number of rotatable bonds is 9. The molecule has 0 aliphatic carbocycles. The van der Waals surface area contributed by atoms with Crippen LogP contribution < -0.4 is 10.6 Å². The number of carbonyl (C=O) groups excluding carboxylic acids is 2. The number of hydrogen-bond donors (Lipinski definition) is 2. The van der Waals surface area contributed by atoms with Gasteiger partial charge in [-0.15, -0.1) is 0 Å². The molecule has 2 aromatic rings. The quantitative estimate of drug-likeness (QED) is 0.616. The van der Waals surface area contributed by atoms with Gasteiger partial charge in [-0.25, -0.2) is 0 Å². The van der Waals surface area contributed by atoms with Gasteiger partial charge in [-0.05, 0) is 37.1 Å². The van der Waals surface area contributed by atoms with Gasteiger partial charge in [0.2, 0.25) is 17.7 Å². The van der Waals surface area contributed by atoms with E-state index in [0.717, 1.165) is 0 Å². The standard InChI is InChI=1S/C20H27ClN4O3/c1-20(2,3)19-24-18(28-25-19)8-4-6-16(26)22-13-5-7-17(27)23-15-11-9-14(21)10-12-15/h9-12H,4-8,13H2,1-3H3,(H,22,26)(H,23,27).